The Labute approximate surface area is 142 Å². The molecule has 136 valence electrons. The Kier molecular flexibility index (Phi) is 5.36. The normalized spacial score (nSPS) is 23.7. The SMILES string of the molecule is CC(C(ON1C(C)(C)CCCC1(C)C)c1ccccc1)C(F)(F)F. The third kappa shape index (κ3) is 4.12. The van der Waals surface area contributed by atoms with Gasteiger partial charge in [0.25, 0.3) is 0 Å². The summed E-state index contributed by atoms with van der Waals surface area (Å²) in [6.45, 7) is 9.34. The van der Waals surface area contributed by atoms with Crippen LogP contribution in [0.3, 0.4) is 0 Å². The molecule has 0 amide bonds. The molecule has 1 fully saturated rings. The quantitative estimate of drug-likeness (QED) is 0.675. The summed E-state index contributed by atoms with van der Waals surface area (Å²) < 4.78 is 40.3. The van der Waals surface area contributed by atoms with Gasteiger partial charge in [0.2, 0.25) is 0 Å². The second kappa shape index (κ2) is 6.68. The molecular formula is C19H28F3NO. The van der Waals surface area contributed by atoms with Gasteiger partial charge in [-0.15, -0.1) is 0 Å². The van der Waals surface area contributed by atoms with E-state index in [2.05, 4.69) is 0 Å². The summed E-state index contributed by atoms with van der Waals surface area (Å²) in [5, 5.41) is 1.81. The zero-order valence-electron chi connectivity index (χ0n) is 15.2. The first kappa shape index (κ1) is 19.3. The van der Waals surface area contributed by atoms with Crippen molar-refractivity contribution in [2.75, 3.05) is 0 Å². The van der Waals surface area contributed by atoms with Crippen LogP contribution in [0.4, 0.5) is 13.2 Å². The Morgan fingerprint density at radius 1 is 1.00 bits per heavy atom. The van der Waals surface area contributed by atoms with E-state index in [1.807, 2.05) is 32.8 Å². The highest BCUT2D eigenvalue weighted by Crippen LogP contribution is 2.44. The minimum absolute atomic E-state index is 0.305. The van der Waals surface area contributed by atoms with Crippen molar-refractivity contribution in [3.63, 3.8) is 0 Å². The predicted octanol–water partition coefficient (Wildman–Crippen LogP) is 5.90. The van der Waals surface area contributed by atoms with E-state index in [1.54, 1.807) is 30.3 Å². The largest absolute Gasteiger partial charge is 0.394 e. The fourth-order valence-corrected chi connectivity index (χ4v) is 3.63. The molecule has 2 atom stereocenters. The second-order valence-electron chi connectivity index (χ2n) is 8.04. The van der Waals surface area contributed by atoms with Gasteiger partial charge in [0, 0.05) is 11.1 Å². The molecule has 2 rings (SSSR count). The number of hydrogen-bond acceptors (Lipinski definition) is 2. The van der Waals surface area contributed by atoms with E-state index in [1.165, 1.54) is 6.92 Å². The number of nitrogens with zero attached hydrogens (tertiary/aromatic N) is 1. The molecule has 1 aliphatic rings. The van der Waals surface area contributed by atoms with Gasteiger partial charge in [-0.1, -0.05) is 37.3 Å². The van der Waals surface area contributed by atoms with Crippen LogP contribution in [0.1, 0.15) is 65.5 Å². The van der Waals surface area contributed by atoms with E-state index in [0.717, 1.165) is 19.3 Å². The van der Waals surface area contributed by atoms with Crippen molar-refractivity contribution < 1.29 is 18.0 Å². The van der Waals surface area contributed by atoms with Crippen LogP contribution in [0.5, 0.6) is 0 Å². The van der Waals surface area contributed by atoms with Gasteiger partial charge in [0.15, 0.2) is 0 Å². The molecule has 2 unspecified atom stereocenters. The molecule has 1 aromatic rings. The molecule has 0 aromatic heterocycles. The minimum atomic E-state index is -4.31. The summed E-state index contributed by atoms with van der Waals surface area (Å²) in [6.07, 6.45) is -2.52. The highest BCUT2D eigenvalue weighted by atomic mass is 19.4. The average molecular weight is 343 g/mol. The van der Waals surface area contributed by atoms with E-state index in [4.69, 9.17) is 4.84 Å². The molecule has 0 spiro atoms. The number of piperidine rings is 1. The summed E-state index contributed by atoms with van der Waals surface area (Å²) in [5.41, 5.74) is -0.0558. The van der Waals surface area contributed by atoms with Gasteiger partial charge in [0.05, 0.1) is 5.92 Å². The molecule has 1 aromatic carbocycles. The van der Waals surface area contributed by atoms with Crippen molar-refractivity contribution in [2.45, 2.75) is 77.2 Å². The van der Waals surface area contributed by atoms with Crippen LogP contribution in [-0.4, -0.2) is 22.3 Å². The first-order chi connectivity index (χ1) is 11.0. The molecular weight excluding hydrogens is 315 g/mol. The van der Waals surface area contributed by atoms with Crippen molar-refractivity contribution in [1.29, 1.82) is 0 Å². The highest BCUT2D eigenvalue weighted by molar-refractivity contribution is 5.18. The van der Waals surface area contributed by atoms with Crippen molar-refractivity contribution >= 4 is 0 Å². The van der Waals surface area contributed by atoms with Crippen LogP contribution in [-0.2, 0) is 4.84 Å². The van der Waals surface area contributed by atoms with Gasteiger partial charge in [-0.25, -0.2) is 0 Å². The Balaban J connectivity index is 2.37. The lowest BCUT2D eigenvalue weighted by atomic mass is 9.82. The lowest BCUT2D eigenvalue weighted by molar-refractivity contribution is -0.333. The van der Waals surface area contributed by atoms with Crippen LogP contribution in [0, 0.1) is 5.92 Å². The lowest BCUT2D eigenvalue weighted by Crippen LogP contribution is -2.59. The molecule has 0 radical (unpaired) electrons. The number of hydroxylamine groups is 2. The molecule has 24 heavy (non-hydrogen) atoms. The van der Waals surface area contributed by atoms with Crippen molar-refractivity contribution in [3.8, 4) is 0 Å². The summed E-state index contributed by atoms with van der Waals surface area (Å²) in [7, 11) is 0. The van der Waals surface area contributed by atoms with Crippen molar-refractivity contribution in [1.82, 2.24) is 5.06 Å². The molecule has 1 aliphatic heterocycles. The zero-order valence-corrected chi connectivity index (χ0v) is 15.2. The van der Waals surface area contributed by atoms with E-state index in [-0.39, 0.29) is 11.1 Å². The molecule has 0 aliphatic carbocycles. The van der Waals surface area contributed by atoms with Crippen LogP contribution >= 0.6 is 0 Å². The molecule has 1 saturated heterocycles. The van der Waals surface area contributed by atoms with E-state index >= 15 is 0 Å². The number of alkyl halides is 3. The van der Waals surface area contributed by atoms with Crippen LogP contribution in [0.2, 0.25) is 0 Å². The maximum Gasteiger partial charge on any atom is 0.394 e. The highest BCUT2D eigenvalue weighted by Gasteiger charge is 2.48. The Bertz CT molecular complexity index is 523. The van der Waals surface area contributed by atoms with Crippen LogP contribution in [0.25, 0.3) is 0 Å². The second-order valence-corrected chi connectivity index (χ2v) is 8.04. The number of rotatable bonds is 4. The lowest BCUT2D eigenvalue weighted by Gasteiger charge is -2.53. The van der Waals surface area contributed by atoms with E-state index < -0.39 is 18.2 Å². The predicted molar refractivity (Wildman–Crippen MR) is 89.3 cm³/mol. The monoisotopic (exact) mass is 343 g/mol. The minimum Gasteiger partial charge on any atom is -0.289 e. The topological polar surface area (TPSA) is 12.5 Å². The van der Waals surface area contributed by atoms with Gasteiger partial charge < -0.3 is 0 Å². The van der Waals surface area contributed by atoms with Gasteiger partial charge in [-0.2, -0.15) is 18.2 Å². The molecule has 5 heteroatoms. The standard InChI is InChI=1S/C19H28F3NO/c1-14(19(20,21)22)16(15-10-7-6-8-11-15)24-23-17(2,3)12-9-13-18(23,4)5/h6-8,10-11,14,16H,9,12-13H2,1-5H3. The Hall–Kier alpha value is -1.07. The van der Waals surface area contributed by atoms with E-state index in [9.17, 15) is 13.2 Å². The Morgan fingerprint density at radius 3 is 1.96 bits per heavy atom. The van der Waals surface area contributed by atoms with Crippen LogP contribution < -0.4 is 0 Å². The Morgan fingerprint density at radius 2 is 1.50 bits per heavy atom. The first-order valence-electron chi connectivity index (χ1n) is 8.54. The maximum atomic E-state index is 13.4. The van der Waals surface area contributed by atoms with Crippen LogP contribution in [0.15, 0.2) is 30.3 Å². The maximum absolute atomic E-state index is 13.4. The average Bonchev–Trinajstić information content (AvgIpc) is 2.45. The fraction of sp³-hybridized carbons (Fsp3) is 0.684. The zero-order chi connectivity index (χ0) is 18.2. The summed E-state index contributed by atoms with van der Waals surface area (Å²) >= 11 is 0. The van der Waals surface area contributed by atoms with Crippen molar-refractivity contribution in [3.05, 3.63) is 35.9 Å². The number of benzene rings is 1. The van der Waals surface area contributed by atoms with Gasteiger partial charge in [-0.05, 0) is 52.5 Å². The van der Waals surface area contributed by atoms with E-state index in [0.29, 0.717) is 5.56 Å². The summed E-state index contributed by atoms with van der Waals surface area (Å²) in [6, 6.07) is 8.71. The molecule has 0 N–H and O–H groups in total. The third-order valence-electron chi connectivity index (χ3n) is 4.99. The molecule has 0 bridgehead atoms. The van der Waals surface area contributed by atoms with Gasteiger partial charge in [-0.3, -0.25) is 4.84 Å². The summed E-state index contributed by atoms with van der Waals surface area (Å²) in [4.78, 5) is 6.11. The summed E-state index contributed by atoms with van der Waals surface area (Å²) in [5.74, 6) is -1.59. The van der Waals surface area contributed by atoms with Gasteiger partial charge >= 0.3 is 6.18 Å². The fourth-order valence-electron chi connectivity index (χ4n) is 3.63. The van der Waals surface area contributed by atoms with Crippen molar-refractivity contribution in [2.24, 2.45) is 5.92 Å². The molecule has 0 saturated carbocycles. The smallest absolute Gasteiger partial charge is 0.289 e. The number of halogens is 3. The molecule has 2 nitrogen and oxygen atoms in total. The number of hydrogen-bond donors (Lipinski definition) is 0. The first-order valence-corrected chi connectivity index (χ1v) is 8.54. The molecule has 1 heterocycles. The third-order valence-corrected chi connectivity index (χ3v) is 4.99. The van der Waals surface area contributed by atoms with Gasteiger partial charge in [0.1, 0.15) is 6.10 Å².